The lowest BCUT2D eigenvalue weighted by molar-refractivity contribution is -0.110. The lowest BCUT2D eigenvalue weighted by Crippen LogP contribution is -2.22. The number of aromatic amines is 1. The number of rotatable bonds is 1. The van der Waals surface area contributed by atoms with Gasteiger partial charge >= 0.3 is 0 Å². The number of hydrogen-bond donors (Lipinski definition) is 2. The van der Waals surface area contributed by atoms with Gasteiger partial charge in [-0.3, -0.25) is 4.79 Å². The molecule has 118 valence electrons. The van der Waals surface area contributed by atoms with Crippen LogP contribution in [-0.4, -0.2) is 10.9 Å². The molecule has 1 amide bonds. The summed E-state index contributed by atoms with van der Waals surface area (Å²) in [6, 6.07) is 7.67. The number of amides is 1. The fraction of sp³-hybridized carbons (Fsp3) is 0.316. The summed E-state index contributed by atoms with van der Waals surface area (Å²) in [6.07, 6.45) is 5.42. The molecule has 0 spiro atoms. The van der Waals surface area contributed by atoms with Crippen molar-refractivity contribution >= 4 is 34.8 Å². The first-order valence-corrected chi connectivity index (χ1v) is 8.37. The Hall–Kier alpha value is -2.00. The highest BCUT2D eigenvalue weighted by atomic mass is 35.5. The molecular formula is C19H19ClN2O. The standard InChI is InChI=1S/C19H19ClN2O/c1-19(2)7-3-4-17-15(19)10-12(21-17)9-14-13-8-11(20)5-6-16(13)22-18(14)23/h5-6,8-10,21H,3-4,7H2,1-2H3,(H,22,23). The summed E-state index contributed by atoms with van der Waals surface area (Å²) in [5.41, 5.74) is 6.22. The van der Waals surface area contributed by atoms with Gasteiger partial charge in [0.05, 0.1) is 5.57 Å². The molecule has 1 aromatic carbocycles. The van der Waals surface area contributed by atoms with Gasteiger partial charge in [0, 0.05) is 27.7 Å². The Bertz CT molecular complexity index is 845. The van der Waals surface area contributed by atoms with Crippen molar-refractivity contribution in [1.82, 2.24) is 4.98 Å². The average molecular weight is 327 g/mol. The van der Waals surface area contributed by atoms with Crippen molar-refractivity contribution < 1.29 is 4.79 Å². The van der Waals surface area contributed by atoms with Crippen LogP contribution in [0.3, 0.4) is 0 Å². The third-order valence-electron chi connectivity index (χ3n) is 4.94. The minimum absolute atomic E-state index is 0.0749. The van der Waals surface area contributed by atoms with Gasteiger partial charge in [-0.25, -0.2) is 0 Å². The molecule has 1 aliphatic carbocycles. The molecule has 4 heteroatoms. The molecule has 0 saturated carbocycles. The highest BCUT2D eigenvalue weighted by Gasteiger charge is 2.30. The van der Waals surface area contributed by atoms with E-state index in [-0.39, 0.29) is 11.3 Å². The summed E-state index contributed by atoms with van der Waals surface area (Å²) < 4.78 is 0. The first-order valence-electron chi connectivity index (χ1n) is 7.99. The van der Waals surface area contributed by atoms with Gasteiger partial charge in [-0.15, -0.1) is 0 Å². The highest BCUT2D eigenvalue weighted by molar-refractivity contribution is 6.36. The molecule has 1 aromatic heterocycles. The smallest absolute Gasteiger partial charge is 0.256 e. The van der Waals surface area contributed by atoms with E-state index in [1.54, 1.807) is 6.07 Å². The highest BCUT2D eigenvalue weighted by Crippen LogP contribution is 2.39. The summed E-state index contributed by atoms with van der Waals surface area (Å²) in [5, 5.41) is 3.53. The molecule has 1 aliphatic heterocycles. The number of carbonyl (C=O) groups is 1. The van der Waals surface area contributed by atoms with Gasteiger partial charge in [0.1, 0.15) is 0 Å². The molecular weight excluding hydrogens is 308 g/mol. The normalized spacial score (nSPS) is 20.3. The quantitative estimate of drug-likeness (QED) is 0.728. The number of carbonyl (C=O) groups excluding carboxylic acids is 1. The van der Waals surface area contributed by atoms with Crippen LogP contribution in [-0.2, 0) is 16.6 Å². The van der Waals surface area contributed by atoms with E-state index in [4.69, 9.17) is 11.6 Å². The fourth-order valence-corrected chi connectivity index (χ4v) is 3.87. The molecule has 2 N–H and O–H groups in total. The van der Waals surface area contributed by atoms with E-state index in [1.165, 1.54) is 24.1 Å². The summed E-state index contributed by atoms with van der Waals surface area (Å²) in [4.78, 5) is 15.8. The van der Waals surface area contributed by atoms with E-state index >= 15 is 0 Å². The van der Waals surface area contributed by atoms with E-state index < -0.39 is 0 Å². The van der Waals surface area contributed by atoms with Crippen molar-refractivity contribution in [2.75, 3.05) is 5.32 Å². The van der Waals surface area contributed by atoms with Crippen molar-refractivity contribution in [3.63, 3.8) is 0 Å². The topological polar surface area (TPSA) is 44.9 Å². The van der Waals surface area contributed by atoms with Crippen molar-refractivity contribution in [1.29, 1.82) is 0 Å². The zero-order chi connectivity index (χ0) is 16.2. The molecule has 0 bridgehead atoms. The SMILES string of the molecule is CC1(C)CCCc2[nH]c(C=C3C(=O)Nc4ccc(Cl)cc43)cc21. The second kappa shape index (κ2) is 5.00. The maximum Gasteiger partial charge on any atom is 0.256 e. The predicted octanol–water partition coefficient (Wildman–Crippen LogP) is 4.77. The van der Waals surface area contributed by atoms with Gasteiger partial charge in [0.25, 0.3) is 5.91 Å². The summed E-state index contributed by atoms with van der Waals surface area (Å²) in [7, 11) is 0. The van der Waals surface area contributed by atoms with E-state index in [2.05, 4.69) is 30.2 Å². The van der Waals surface area contributed by atoms with Crippen molar-refractivity contribution in [3.05, 3.63) is 51.8 Å². The number of hydrogen-bond acceptors (Lipinski definition) is 1. The number of aromatic nitrogens is 1. The minimum Gasteiger partial charge on any atom is -0.359 e. The largest absolute Gasteiger partial charge is 0.359 e. The second-order valence-electron chi connectivity index (χ2n) is 7.06. The number of benzene rings is 1. The summed E-state index contributed by atoms with van der Waals surface area (Å²) in [5.74, 6) is -0.0749. The summed E-state index contributed by atoms with van der Waals surface area (Å²) >= 11 is 6.09. The zero-order valence-electron chi connectivity index (χ0n) is 13.3. The van der Waals surface area contributed by atoms with Gasteiger partial charge in [-0.05, 0) is 60.6 Å². The van der Waals surface area contributed by atoms with Crippen LogP contribution in [0, 0.1) is 0 Å². The van der Waals surface area contributed by atoms with Crippen LogP contribution in [0.5, 0.6) is 0 Å². The lowest BCUT2D eigenvalue weighted by atomic mass is 9.75. The molecule has 2 heterocycles. The monoisotopic (exact) mass is 326 g/mol. The second-order valence-corrected chi connectivity index (χ2v) is 7.49. The molecule has 0 atom stereocenters. The number of halogens is 1. The molecule has 3 nitrogen and oxygen atoms in total. The van der Waals surface area contributed by atoms with Crippen LogP contribution in [0.4, 0.5) is 5.69 Å². The molecule has 23 heavy (non-hydrogen) atoms. The lowest BCUT2D eigenvalue weighted by Gasteiger charge is -2.29. The van der Waals surface area contributed by atoms with E-state index in [0.29, 0.717) is 10.6 Å². The van der Waals surface area contributed by atoms with E-state index in [9.17, 15) is 4.79 Å². The number of aryl methyl sites for hydroxylation is 1. The first kappa shape index (κ1) is 14.6. The third-order valence-corrected chi connectivity index (χ3v) is 5.18. The Morgan fingerprint density at radius 2 is 2.09 bits per heavy atom. The summed E-state index contributed by atoms with van der Waals surface area (Å²) in [6.45, 7) is 4.57. The van der Waals surface area contributed by atoms with Gasteiger partial charge in [0.2, 0.25) is 0 Å². The number of anilines is 1. The van der Waals surface area contributed by atoms with Gasteiger partial charge < -0.3 is 10.3 Å². The van der Waals surface area contributed by atoms with Crippen LogP contribution < -0.4 is 5.32 Å². The van der Waals surface area contributed by atoms with Crippen LogP contribution in [0.25, 0.3) is 11.6 Å². The minimum atomic E-state index is -0.0749. The van der Waals surface area contributed by atoms with Crippen LogP contribution in [0.2, 0.25) is 5.02 Å². The Labute approximate surface area is 140 Å². The Morgan fingerprint density at radius 1 is 1.26 bits per heavy atom. The van der Waals surface area contributed by atoms with Crippen molar-refractivity contribution in [2.45, 2.75) is 38.5 Å². The van der Waals surface area contributed by atoms with Crippen LogP contribution >= 0.6 is 11.6 Å². The third kappa shape index (κ3) is 2.40. The average Bonchev–Trinajstić information content (AvgIpc) is 3.02. The van der Waals surface area contributed by atoms with Crippen molar-refractivity contribution in [2.24, 2.45) is 0 Å². The van der Waals surface area contributed by atoms with Gasteiger partial charge in [-0.1, -0.05) is 25.4 Å². The predicted molar refractivity (Wildman–Crippen MR) is 94.7 cm³/mol. The Balaban J connectivity index is 1.79. The van der Waals surface area contributed by atoms with Crippen LogP contribution in [0.1, 0.15) is 49.2 Å². The molecule has 0 radical (unpaired) electrons. The maximum absolute atomic E-state index is 12.3. The van der Waals surface area contributed by atoms with Gasteiger partial charge in [-0.2, -0.15) is 0 Å². The molecule has 2 aliphatic rings. The molecule has 2 aromatic rings. The number of H-pyrrole nitrogens is 1. The van der Waals surface area contributed by atoms with Crippen molar-refractivity contribution in [3.8, 4) is 0 Å². The Morgan fingerprint density at radius 3 is 2.87 bits per heavy atom. The van der Waals surface area contributed by atoms with Crippen LogP contribution in [0.15, 0.2) is 24.3 Å². The fourth-order valence-electron chi connectivity index (χ4n) is 3.70. The molecule has 4 rings (SSSR count). The number of fused-ring (bicyclic) bond motifs is 2. The maximum atomic E-state index is 12.3. The Kier molecular flexibility index (Phi) is 3.17. The zero-order valence-corrected chi connectivity index (χ0v) is 14.1. The van der Waals surface area contributed by atoms with E-state index in [1.807, 2.05) is 18.2 Å². The number of nitrogens with one attached hydrogen (secondary N) is 2. The first-order chi connectivity index (χ1) is 10.9. The van der Waals surface area contributed by atoms with Gasteiger partial charge in [0.15, 0.2) is 0 Å². The van der Waals surface area contributed by atoms with E-state index in [0.717, 1.165) is 23.4 Å². The molecule has 0 fully saturated rings. The molecule has 0 unspecified atom stereocenters. The molecule has 0 saturated heterocycles.